The monoisotopic (exact) mass is 341 g/mol. The number of pyridine rings is 1. The number of hydrogen-bond donors (Lipinski definition) is 1. The summed E-state index contributed by atoms with van der Waals surface area (Å²) in [5.41, 5.74) is 9.24. The predicted molar refractivity (Wildman–Crippen MR) is 99.8 cm³/mol. The molecule has 2 aromatic heterocycles. The van der Waals surface area contributed by atoms with Crippen molar-refractivity contribution in [2.75, 3.05) is 0 Å². The van der Waals surface area contributed by atoms with Gasteiger partial charge in [0.2, 0.25) is 5.78 Å². The van der Waals surface area contributed by atoms with Gasteiger partial charge in [-0.05, 0) is 24.3 Å². The van der Waals surface area contributed by atoms with E-state index in [0.717, 1.165) is 0 Å². The average molecular weight is 341 g/mol. The fourth-order valence-corrected chi connectivity index (χ4v) is 2.74. The molecule has 0 bridgehead atoms. The summed E-state index contributed by atoms with van der Waals surface area (Å²) in [6.07, 6.45) is 1.63. The molecule has 0 aliphatic carbocycles. The van der Waals surface area contributed by atoms with Gasteiger partial charge < -0.3 is 5.73 Å². The largest absolute Gasteiger partial charge is 0.395 e. The van der Waals surface area contributed by atoms with Crippen LogP contribution in [0.25, 0.3) is 22.4 Å². The van der Waals surface area contributed by atoms with E-state index >= 15 is 0 Å². The number of aromatic nitrogens is 4. The third-order valence-corrected chi connectivity index (χ3v) is 4.01. The summed E-state index contributed by atoms with van der Waals surface area (Å²) < 4.78 is 1.48. The molecule has 2 heterocycles. The highest BCUT2D eigenvalue weighted by atomic mass is 16.1. The molecule has 126 valence electrons. The lowest BCUT2D eigenvalue weighted by molar-refractivity contribution is 0.105. The fraction of sp³-hybridized carbons (Fsp3) is 0. The van der Waals surface area contributed by atoms with Crippen LogP contribution in [-0.2, 0) is 0 Å². The van der Waals surface area contributed by atoms with E-state index in [0.29, 0.717) is 22.3 Å². The molecule has 0 fully saturated rings. The average Bonchev–Trinajstić information content (AvgIpc) is 3.13. The number of nitrogens with zero attached hydrogens (tertiary/aromatic N) is 4. The smallest absolute Gasteiger partial charge is 0.213 e. The molecule has 0 amide bonds. The number of Topliss-reactive ketones (excluding diaryl/α,β-unsaturated/α-hetero) is 1. The second-order valence-electron chi connectivity index (χ2n) is 5.66. The minimum absolute atomic E-state index is 0.226. The number of rotatable bonds is 4. The Kier molecular flexibility index (Phi) is 3.99. The summed E-state index contributed by atoms with van der Waals surface area (Å²) in [7, 11) is 0. The van der Waals surface area contributed by atoms with Crippen molar-refractivity contribution in [3.63, 3.8) is 0 Å². The second kappa shape index (κ2) is 6.60. The van der Waals surface area contributed by atoms with Crippen LogP contribution >= 0.6 is 0 Å². The van der Waals surface area contributed by atoms with Gasteiger partial charge in [-0.25, -0.2) is 4.68 Å². The van der Waals surface area contributed by atoms with Crippen LogP contribution in [0, 0.1) is 0 Å². The van der Waals surface area contributed by atoms with Gasteiger partial charge in [0, 0.05) is 11.8 Å². The first-order chi connectivity index (χ1) is 12.8. The fourth-order valence-electron chi connectivity index (χ4n) is 2.74. The zero-order valence-electron chi connectivity index (χ0n) is 13.8. The van der Waals surface area contributed by atoms with Gasteiger partial charge in [-0.15, -0.1) is 5.10 Å². The number of allylic oxidation sites excluding steroid dienone is 1. The Bertz CT molecular complexity index is 1100. The molecule has 0 radical (unpaired) electrons. The van der Waals surface area contributed by atoms with Crippen molar-refractivity contribution in [2.24, 2.45) is 5.73 Å². The molecule has 0 unspecified atom stereocenters. The molecule has 2 N–H and O–H groups in total. The van der Waals surface area contributed by atoms with Gasteiger partial charge in [-0.1, -0.05) is 53.7 Å². The van der Waals surface area contributed by atoms with Crippen LogP contribution in [-0.4, -0.2) is 25.8 Å². The molecule has 4 aromatic rings. The number of carbonyl (C=O) groups excluding carboxylic acids is 1. The van der Waals surface area contributed by atoms with Crippen LogP contribution in [0.5, 0.6) is 0 Å². The van der Waals surface area contributed by atoms with E-state index in [9.17, 15) is 4.79 Å². The Labute approximate surface area is 149 Å². The van der Waals surface area contributed by atoms with E-state index in [1.165, 1.54) is 4.68 Å². The molecular weight excluding hydrogens is 326 g/mol. The topological polar surface area (TPSA) is 86.7 Å². The summed E-state index contributed by atoms with van der Waals surface area (Å²) in [5, 5.41) is 8.31. The lowest BCUT2D eigenvalue weighted by atomic mass is 10.1. The van der Waals surface area contributed by atoms with Gasteiger partial charge >= 0.3 is 0 Å². The number of hydrogen-bond acceptors (Lipinski definition) is 5. The Balaban J connectivity index is 1.97. The van der Waals surface area contributed by atoms with Crippen LogP contribution in [0.3, 0.4) is 0 Å². The van der Waals surface area contributed by atoms with Crippen molar-refractivity contribution >= 4 is 28.2 Å². The van der Waals surface area contributed by atoms with E-state index in [-0.39, 0.29) is 17.2 Å². The van der Waals surface area contributed by atoms with Gasteiger partial charge in [0.05, 0.1) is 16.9 Å². The molecule has 0 saturated carbocycles. The molecule has 0 spiro atoms. The zero-order chi connectivity index (χ0) is 17.9. The van der Waals surface area contributed by atoms with Crippen LogP contribution in [0.2, 0.25) is 0 Å². The highest BCUT2D eigenvalue weighted by Gasteiger charge is 2.22. The normalized spacial score (nSPS) is 12.0. The van der Waals surface area contributed by atoms with Gasteiger partial charge in [-0.3, -0.25) is 9.78 Å². The molecule has 26 heavy (non-hydrogen) atoms. The summed E-state index contributed by atoms with van der Waals surface area (Å²) in [4.78, 5) is 17.5. The van der Waals surface area contributed by atoms with Crippen LogP contribution in [0.15, 0.2) is 79.0 Å². The maximum atomic E-state index is 13.2. The predicted octanol–water partition coefficient (Wildman–Crippen LogP) is 2.99. The van der Waals surface area contributed by atoms with Crippen molar-refractivity contribution in [3.8, 4) is 0 Å². The molecule has 0 saturated heterocycles. The van der Waals surface area contributed by atoms with Crippen molar-refractivity contribution in [2.45, 2.75) is 0 Å². The molecule has 4 rings (SSSR count). The Morgan fingerprint density at radius 1 is 0.885 bits per heavy atom. The zero-order valence-corrected chi connectivity index (χ0v) is 13.8. The third kappa shape index (κ3) is 2.73. The van der Waals surface area contributed by atoms with E-state index in [2.05, 4.69) is 15.3 Å². The number of ketones is 1. The molecule has 6 nitrogen and oxygen atoms in total. The van der Waals surface area contributed by atoms with Crippen LogP contribution in [0.4, 0.5) is 0 Å². The molecule has 6 heteroatoms. The maximum Gasteiger partial charge on any atom is 0.213 e. The lowest BCUT2D eigenvalue weighted by Crippen LogP contribution is -2.17. The number of carbonyl (C=O) groups is 1. The van der Waals surface area contributed by atoms with Gasteiger partial charge in [0.15, 0.2) is 0 Å². The Morgan fingerprint density at radius 3 is 2.38 bits per heavy atom. The Hall–Kier alpha value is -3.80. The van der Waals surface area contributed by atoms with Gasteiger partial charge in [-0.2, -0.15) is 0 Å². The van der Waals surface area contributed by atoms with Crippen molar-refractivity contribution < 1.29 is 4.79 Å². The summed E-state index contributed by atoms with van der Waals surface area (Å²) >= 11 is 0. The van der Waals surface area contributed by atoms with E-state index < -0.39 is 0 Å². The van der Waals surface area contributed by atoms with E-state index in [1.807, 2.05) is 36.4 Å². The minimum atomic E-state index is -0.246. The Morgan fingerprint density at radius 2 is 1.62 bits per heavy atom. The van der Waals surface area contributed by atoms with Crippen molar-refractivity contribution in [3.05, 3.63) is 90.3 Å². The highest BCUT2D eigenvalue weighted by Crippen LogP contribution is 2.23. The standard InChI is InChI=1S/C20H15N5O/c21-18(16-11-6-7-13-22-16)19(20(26)14-8-2-1-3-9-14)25-17-12-5-4-10-15(17)23-24-25/h1-13H,21H2/b19-18+. The maximum absolute atomic E-state index is 13.2. The summed E-state index contributed by atoms with van der Waals surface area (Å²) in [6, 6.07) is 21.7. The quantitative estimate of drug-likeness (QED) is 0.455. The minimum Gasteiger partial charge on any atom is -0.395 e. The SMILES string of the molecule is N/C(=C(\C(=O)c1ccccc1)n1nnc2ccccc21)c1ccccn1. The number of para-hydroxylation sites is 1. The van der Waals surface area contributed by atoms with Crippen LogP contribution in [0.1, 0.15) is 16.1 Å². The highest BCUT2D eigenvalue weighted by molar-refractivity contribution is 6.30. The summed E-state index contributed by atoms with van der Waals surface area (Å²) in [6.45, 7) is 0. The first kappa shape index (κ1) is 15.7. The molecular formula is C20H15N5O. The summed E-state index contributed by atoms with van der Waals surface area (Å²) in [5.74, 6) is -0.246. The lowest BCUT2D eigenvalue weighted by Gasteiger charge is -2.12. The molecule has 0 atom stereocenters. The van der Waals surface area contributed by atoms with Gasteiger partial charge in [0.1, 0.15) is 11.2 Å². The van der Waals surface area contributed by atoms with Crippen molar-refractivity contribution in [1.29, 1.82) is 0 Å². The number of benzene rings is 2. The van der Waals surface area contributed by atoms with Gasteiger partial charge in [0.25, 0.3) is 0 Å². The molecule has 0 aliphatic heterocycles. The third-order valence-electron chi connectivity index (χ3n) is 4.01. The van der Waals surface area contributed by atoms with Crippen molar-refractivity contribution in [1.82, 2.24) is 20.0 Å². The second-order valence-corrected chi connectivity index (χ2v) is 5.66. The number of nitrogens with two attached hydrogens (primary N) is 1. The first-order valence-electron chi connectivity index (χ1n) is 8.07. The van der Waals surface area contributed by atoms with E-state index in [4.69, 9.17) is 5.73 Å². The number of fused-ring (bicyclic) bond motifs is 1. The first-order valence-corrected chi connectivity index (χ1v) is 8.07. The molecule has 2 aromatic carbocycles. The van der Waals surface area contributed by atoms with Crippen LogP contribution < -0.4 is 5.73 Å². The van der Waals surface area contributed by atoms with E-state index in [1.54, 1.807) is 42.6 Å². The molecule has 0 aliphatic rings.